The highest BCUT2D eigenvalue weighted by atomic mass is 28.4. The van der Waals surface area contributed by atoms with Gasteiger partial charge in [-0.15, -0.1) is 0 Å². The van der Waals surface area contributed by atoms with Crippen molar-refractivity contribution in [3.63, 3.8) is 0 Å². The van der Waals surface area contributed by atoms with E-state index in [1.165, 1.54) is 18.4 Å². The van der Waals surface area contributed by atoms with E-state index in [1.54, 1.807) is 0 Å². The van der Waals surface area contributed by atoms with E-state index in [2.05, 4.69) is 25.2 Å². The minimum Gasteiger partial charge on any atom is -0.373 e. The van der Waals surface area contributed by atoms with Gasteiger partial charge in [0.25, 0.3) is 0 Å². The Morgan fingerprint density at radius 3 is 2.05 bits per heavy atom. The summed E-state index contributed by atoms with van der Waals surface area (Å²) in [5, 5.41) is 0. The third kappa shape index (κ3) is 4.28. The van der Waals surface area contributed by atoms with E-state index >= 15 is 0 Å². The van der Waals surface area contributed by atoms with Crippen molar-refractivity contribution in [2.45, 2.75) is 52.5 Å². The summed E-state index contributed by atoms with van der Waals surface area (Å²) >= 11 is 0. The highest BCUT2D eigenvalue weighted by Gasteiger charge is 2.50. The van der Waals surface area contributed by atoms with Gasteiger partial charge in [-0.3, -0.25) is 0 Å². The van der Waals surface area contributed by atoms with Crippen molar-refractivity contribution in [3.8, 4) is 0 Å². The normalized spacial score (nSPS) is 18.9. The summed E-state index contributed by atoms with van der Waals surface area (Å²) in [4.78, 5) is 0. The minimum atomic E-state index is -2.63. The molecule has 1 atom stereocenters. The lowest BCUT2D eigenvalue weighted by Gasteiger charge is -2.34. The van der Waals surface area contributed by atoms with Crippen LogP contribution in [0.25, 0.3) is 0 Å². The van der Waals surface area contributed by atoms with E-state index in [0.717, 1.165) is 6.42 Å². The van der Waals surface area contributed by atoms with Gasteiger partial charge in [-0.25, -0.2) is 0 Å². The fourth-order valence-corrected chi connectivity index (χ4v) is 5.52. The second-order valence-corrected chi connectivity index (χ2v) is 7.31. The molecule has 0 heterocycles. The molecule has 3 nitrogen and oxygen atoms in total. The topological polar surface area (TPSA) is 27.7 Å². The molecule has 0 N–H and O–H groups in total. The fraction of sp³-hybridized carbons (Fsp3) is 0.733. The lowest BCUT2D eigenvalue weighted by Crippen LogP contribution is -2.50. The van der Waals surface area contributed by atoms with Crippen LogP contribution in [0.4, 0.5) is 0 Å². The van der Waals surface area contributed by atoms with Crippen molar-refractivity contribution in [1.82, 2.24) is 0 Å². The summed E-state index contributed by atoms with van der Waals surface area (Å²) in [6, 6.07) is 0. The molecule has 1 rings (SSSR count). The molecular weight excluding hydrogens is 256 g/mol. The molecule has 0 aromatic heterocycles. The first-order chi connectivity index (χ1) is 9.24. The molecule has 4 heteroatoms. The molecule has 0 amide bonds. The first kappa shape index (κ1) is 16.6. The Balaban J connectivity index is 2.88. The van der Waals surface area contributed by atoms with Crippen molar-refractivity contribution in [3.05, 3.63) is 23.8 Å². The van der Waals surface area contributed by atoms with Gasteiger partial charge in [-0.2, -0.15) is 0 Å². The molecule has 0 radical (unpaired) electrons. The molecule has 0 aromatic carbocycles. The second kappa shape index (κ2) is 8.69. The van der Waals surface area contributed by atoms with Crippen LogP contribution < -0.4 is 0 Å². The third-order valence-corrected chi connectivity index (χ3v) is 6.65. The second-order valence-electron chi connectivity index (χ2n) is 4.61. The quantitative estimate of drug-likeness (QED) is 0.565. The first-order valence-electron chi connectivity index (χ1n) is 7.53. The van der Waals surface area contributed by atoms with Crippen molar-refractivity contribution < 1.29 is 13.3 Å². The summed E-state index contributed by atoms with van der Waals surface area (Å²) in [5.74, 6) is 0. The van der Waals surface area contributed by atoms with Gasteiger partial charge in [0.05, 0.1) is 5.54 Å². The molecule has 1 unspecified atom stereocenters. The summed E-state index contributed by atoms with van der Waals surface area (Å²) < 4.78 is 18.0. The van der Waals surface area contributed by atoms with Crippen LogP contribution in [-0.2, 0) is 13.3 Å². The summed E-state index contributed by atoms with van der Waals surface area (Å²) in [5.41, 5.74) is 1.61. The lowest BCUT2D eigenvalue weighted by atomic mass is 10.1. The Morgan fingerprint density at radius 1 is 1.00 bits per heavy atom. The highest BCUT2D eigenvalue weighted by molar-refractivity contribution is 6.64. The van der Waals surface area contributed by atoms with Gasteiger partial charge in [0.15, 0.2) is 0 Å². The van der Waals surface area contributed by atoms with Crippen LogP contribution in [0.15, 0.2) is 23.8 Å². The minimum absolute atomic E-state index is 0.207. The van der Waals surface area contributed by atoms with E-state index in [1.807, 2.05) is 20.8 Å². The van der Waals surface area contributed by atoms with Crippen LogP contribution in [0.3, 0.4) is 0 Å². The molecule has 0 aliphatic heterocycles. The SMILES string of the molecule is CCCCC1=CC=CC1[Si](OCC)(OCC)OCC. The average molecular weight is 284 g/mol. The molecule has 1 aliphatic rings. The van der Waals surface area contributed by atoms with Gasteiger partial charge in [0.2, 0.25) is 0 Å². The van der Waals surface area contributed by atoms with Gasteiger partial charge in [0.1, 0.15) is 0 Å². The van der Waals surface area contributed by atoms with Crippen LogP contribution in [0, 0.1) is 0 Å². The molecule has 110 valence electrons. The molecular formula is C15H28O3Si. The smallest absolute Gasteiger partial charge is 0.373 e. The predicted octanol–water partition coefficient (Wildman–Crippen LogP) is 4.09. The molecule has 1 aliphatic carbocycles. The van der Waals surface area contributed by atoms with Crippen molar-refractivity contribution in [2.75, 3.05) is 19.8 Å². The predicted molar refractivity (Wildman–Crippen MR) is 81.1 cm³/mol. The average Bonchev–Trinajstić information content (AvgIpc) is 2.86. The fourth-order valence-electron chi connectivity index (χ4n) is 2.48. The number of unbranched alkanes of at least 4 members (excludes halogenated alkanes) is 1. The number of rotatable bonds is 10. The zero-order chi connectivity index (χ0) is 14.1. The van der Waals surface area contributed by atoms with Gasteiger partial charge >= 0.3 is 8.80 Å². The first-order valence-corrected chi connectivity index (χ1v) is 9.33. The van der Waals surface area contributed by atoms with Crippen LogP contribution in [-0.4, -0.2) is 28.6 Å². The monoisotopic (exact) mass is 284 g/mol. The maximum absolute atomic E-state index is 6.01. The van der Waals surface area contributed by atoms with Gasteiger partial charge in [-0.1, -0.05) is 37.1 Å². The van der Waals surface area contributed by atoms with Crippen molar-refractivity contribution in [1.29, 1.82) is 0 Å². The summed E-state index contributed by atoms with van der Waals surface area (Å²) in [6.07, 6.45) is 10.0. The Labute approximate surface area is 119 Å². The van der Waals surface area contributed by atoms with Crippen LogP contribution in [0.1, 0.15) is 47.0 Å². The maximum atomic E-state index is 6.01. The van der Waals surface area contributed by atoms with E-state index in [-0.39, 0.29) is 5.54 Å². The Hall–Kier alpha value is -0.423. The van der Waals surface area contributed by atoms with Crippen molar-refractivity contribution in [2.24, 2.45) is 0 Å². The molecule has 19 heavy (non-hydrogen) atoms. The maximum Gasteiger partial charge on any atom is 0.512 e. The summed E-state index contributed by atoms with van der Waals surface area (Å²) in [7, 11) is -2.63. The largest absolute Gasteiger partial charge is 0.512 e. The van der Waals surface area contributed by atoms with Gasteiger partial charge in [-0.05, 0) is 33.6 Å². The number of allylic oxidation sites excluding steroid dienone is 4. The van der Waals surface area contributed by atoms with Crippen LogP contribution >= 0.6 is 0 Å². The molecule has 0 saturated heterocycles. The highest BCUT2D eigenvalue weighted by Crippen LogP contribution is 2.39. The zero-order valence-corrected chi connectivity index (χ0v) is 13.8. The molecule has 0 bridgehead atoms. The van der Waals surface area contributed by atoms with E-state index in [4.69, 9.17) is 13.3 Å². The van der Waals surface area contributed by atoms with Crippen LogP contribution in [0.5, 0.6) is 0 Å². The zero-order valence-electron chi connectivity index (χ0n) is 12.8. The molecule has 0 saturated carbocycles. The standard InChI is InChI=1S/C15H28O3Si/c1-5-9-11-14-12-10-13-15(14)19(16-6-2,17-7-3)18-8-4/h10,12-13,15H,5-9,11H2,1-4H3. The Kier molecular flexibility index (Phi) is 7.61. The third-order valence-electron chi connectivity index (χ3n) is 3.25. The molecule has 0 spiro atoms. The van der Waals surface area contributed by atoms with Crippen molar-refractivity contribution >= 4 is 8.80 Å². The molecule has 0 aromatic rings. The van der Waals surface area contributed by atoms with Gasteiger partial charge in [0, 0.05) is 19.8 Å². The Morgan fingerprint density at radius 2 is 1.58 bits per heavy atom. The molecule has 0 fully saturated rings. The van der Waals surface area contributed by atoms with E-state index < -0.39 is 8.80 Å². The van der Waals surface area contributed by atoms with Crippen LogP contribution in [0.2, 0.25) is 5.54 Å². The van der Waals surface area contributed by atoms with Gasteiger partial charge < -0.3 is 13.3 Å². The Bertz CT molecular complexity index is 295. The number of hydrogen-bond donors (Lipinski definition) is 0. The lowest BCUT2D eigenvalue weighted by molar-refractivity contribution is 0.0680. The van der Waals surface area contributed by atoms with E-state index in [9.17, 15) is 0 Å². The summed E-state index contributed by atoms with van der Waals surface area (Å²) in [6.45, 7) is 10.2. The number of hydrogen-bond acceptors (Lipinski definition) is 3. The van der Waals surface area contributed by atoms with E-state index in [0.29, 0.717) is 19.8 Å².